The number of piperidine rings is 1. The van der Waals surface area contributed by atoms with E-state index in [0.717, 1.165) is 16.7 Å². The van der Waals surface area contributed by atoms with Crippen molar-refractivity contribution in [3.05, 3.63) is 100 Å². The zero-order valence-corrected chi connectivity index (χ0v) is 26.2. The van der Waals surface area contributed by atoms with Crippen molar-refractivity contribution in [3.63, 3.8) is 0 Å². The van der Waals surface area contributed by atoms with Gasteiger partial charge < -0.3 is 21.3 Å². The molecule has 0 aromatic heterocycles. The first-order valence-corrected chi connectivity index (χ1v) is 17.2. The van der Waals surface area contributed by atoms with Gasteiger partial charge in [0.05, 0.1) is 17.5 Å². The molecule has 1 fully saturated rings. The summed E-state index contributed by atoms with van der Waals surface area (Å²) >= 11 is 6.10. The number of carbonyl (C=O) groups excluding carboxylic acids is 2. The number of nitrogens with two attached hydrogens (primary N) is 1. The number of fused-ring (bicyclic) bond motifs is 1. The SMILES string of the molecule is NCCCS(=O)(=O)Nc1ccccc1C1CCN(C(=O)[C@@H](Cc2ccc(Cl)cc2)NC(=O)[C@@H]2Cc3ccccc3CN2)CC1. The van der Waals surface area contributed by atoms with E-state index >= 15 is 0 Å². The van der Waals surface area contributed by atoms with Gasteiger partial charge in [-0.15, -0.1) is 0 Å². The molecule has 1 saturated heterocycles. The quantitative estimate of drug-likeness (QED) is 0.254. The molecule has 5 rings (SSSR count). The lowest BCUT2D eigenvalue weighted by atomic mass is 9.88. The van der Waals surface area contributed by atoms with E-state index in [1.165, 1.54) is 5.56 Å². The monoisotopic (exact) mass is 637 g/mol. The van der Waals surface area contributed by atoms with Crippen LogP contribution in [0.3, 0.4) is 0 Å². The number of rotatable bonds is 11. The number of benzene rings is 3. The second-order valence-electron chi connectivity index (χ2n) is 11.5. The molecule has 0 bridgehead atoms. The molecule has 2 aliphatic heterocycles. The third-order valence-electron chi connectivity index (χ3n) is 8.46. The average molecular weight is 638 g/mol. The number of hydrogen-bond acceptors (Lipinski definition) is 6. The van der Waals surface area contributed by atoms with Crippen LogP contribution in [-0.2, 0) is 39.0 Å². The molecule has 0 radical (unpaired) electrons. The van der Waals surface area contributed by atoms with Crippen molar-refractivity contribution in [2.24, 2.45) is 5.73 Å². The summed E-state index contributed by atoms with van der Waals surface area (Å²) in [5.41, 5.74) is 10.2. The largest absolute Gasteiger partial charge is 0.343 e. The summed E-state index contributed by atoms with van der Waals surface area (Å²) in [5, 5.41) is 6.98. The van der Waals surface area contributed by atoms with Crippen molar-refractivity contribution in [3.8, 4) is 0 Å². The minimum absolute atomic E-state index is 0.0333. The molecule has 2 amide bonds. The van der Waals surface area contributed by atoms with Gasteiger partial charge in [-0.3, -0.25) is 14.3 Å². The molecule has 0 saturated carbocycles. The summed E-state index contributed by atoms with van der Waals surface area (Å²) in [6.45, 7) is 1.90. The summed E-state index contributed by atoms with van der Waals surface area (Å²) in [7, 11) is -3.51. The maximum absolute atomic E-state index is 13.9. The van der Waals surface area contributed by atoms with Gasteiger partial charge in [0.2, 0.25) is 21.8 Å². The fraction of sp³-hybridized carbons (Fsp3) is 0.394. The number of halogens is 1. The highest BCUT2D eigenvalue weighted by atomic mass is 35.5. The Hall–Kier alpha value is -3.44. The first-order valence-electron chi connectivity index (χ1n) is 15.2. The zero-order valence-electron chi connectivity index (χ0n) is 24.7. The Morgan fingerprint density at radius 1 is 0.977 bits per heavy atom. The lowest BCUT2D eigenvalue weighted by Gasteiger charge is -2.36. The van der Waals surface area contributed by atoms with Crippen molar-refractivity contribution in [2.75, 3.05) is 30.1 Å². The van der Waals surface area contributed by atoms with Gasteiger partial charge >= 0.3 is 0 Å². The van der Waals surface area contributed by atoms with Crippen LogP contribution in [0.25, 0.3) is 0 Å². The molecule has 0 aliphatic carbocycles. The molecule has 0 spiro atoms. The Labute approximate surface area is 264 Å². The first-order chi connectivity index (χ1) is 21.2. The number of sulfonamides is 1. The maximum Gasteiger partial charge on any atom is 0.245 e. The molecule has 2 heterocycles. The van der Waals surface area contributed by atoms with Crippen LogP contribution in [0.15, 0.2) is 72.8 Å². The van der Waals surface area contributed by atoms with Crippen molar-refractivity contribution < 1.29 is 18.0 Å². The normalized spacial score (nSPS) is 17.9. The van der Waals surface area contributed by atoms with Gasteiger partial charge in [0, 0.05) is 31.1 Å². The number of amides is 2. The molecule has 11 heteroatoms. The Morgan fingerprint density at radius 2 is 1.66 bits per heavy atom. The highest BCUT2D eigenvalue weighted by Crippen LogP contribution is 2.34. The van der Waals surface area contributed by atoms with E-state index in [2.05, 4.69) is 21.4 Å². The summed E-state index contributed by atoms with van der Waals surface area (Å²) in [6, 6.07) is 21.7. The molecule has 3 aromatic carbocycles. The van der Waals surface area contributed by atoms with Gasteiger partial charge in [0.15, 0.2) is 0 Å². The van der Waals surface area contributed by atoms with Gasteiger partial charge in [-0.05, 0) is 78.6 Å². The molecule has 2 aliphatic rings. The van der Waals surface area contributed by atoms with Gasteiger partial charge in [0.1, 0.15) is 6.04 Å². The topological polar surface area (TPSA) is 134 Å². The summed E-state index contributed by atoms with van der Waals surface area (Å²) < 4.78 is 27.9. The van der Waals surface area contributed by atoms with E-state index in [0.29, 0.717) is 69.0 Å². The van der Waals surface area contributed by atoms with Crippen molar-refractivity contribution >= 4 is 39.1 Å². The number of likely N-dealkylation sites (tertiary alicyclic amines) is 1. The third-order valence-corrected chi connectivity index (χ3v) is 10.1. The predicted octanol–water partition coefficient (Wildman–Crippen LogP) is 3.58. The van der Waals surface area contributed by atoms with Crippen LogP contribution < -0.4 is 21.1 Å². The lowest BCUT2D eigenvalue weighted by molar-refractivity contribution is -0.137. The van der Waals surface area contributed by atoms with E-state index in [1.807, 2.05) is 53.4 Å². The molecule has 5 N–H and O–H groups in total. The number of nitrogens with zero attached hydrogens (tertiary/aromatic N) is 1. The predicted molar refractivity (Wildman–Crippen MR) is 174 cm³/mol. The Kier molecular flexibility index (Phi) is 10.6. The molecule has 234 valence electrons. The van der Waals surface area contributed by atoms with Crippen LogP contribution in [-0.4, -0.2) is 62.6 Å². The van der Waals surface area contributed by atoms with E-state index in [4.69, 9.17) is 17.3 Å². The second-order valence-corrected chi connectivity index (χ2v) is 13.8. The molecule has 0 unspecified atom stereocenters. The lowest BCUT2D eigenvalue weighted by Crippen LogP contribution is -2.56. The van der Waals surface area contributed by atoms with Crippen LogP contribution in [0.5, 0.6) is 0 Å². The molecule has 9 nitrogen and oxygen atoms in total. The standard InChI is InChI=1S/C33H40ClN5O4S/c34-27-12-10-23(11-13-27)20-31(37-32(40)30-21-25-6-1-2-7-26(25)22-36-30)33(41)39-17-14-24(15-18-39)28-8-3-4-9-29(28)38-44(42,43)19-5-16-35/h1-4,6-13,24,30-31,36,38H,5,14-22,35H2,(H,37,40)/t30-,31+/m0/s1. The Balaban J connectivity index is 1.26. The number of anilines is 1. The fourth-order valence-electron chi connectivity index (χ4n) is 6.04. The molecular weight excluding hydrogens is 598 g/mol. The number of hydrogen-bond donors (Lipinski definition) is 4. The molecule has 3 aromatic rings. The molecular formula is C33H40ClN5O4S. The molecule has 2 atom stereocenters. The van der Waals surface area contributed by atoms with E-state index < -0.39 is 22.1 Å². The zero-order chi connectivity index (χ0) is 31.1. The van der Waals surface area contributed by atoms with E-state index in [9.17, 15) is 18.0 Å². The number of carbonyl (C=O) groups is 2. The fourth-order valence-corrected chi connectivity index (χ4v) is 7.33. The van der Waals surface area contributed by atoms with Gasteiger partial charge in [-0.25, -0.2) is 8.42 Å². The Bertz CT molecular complexity index is 1560. The van der Waals surface area contributed by atoms with E-state index in [1.54, 1.807) is 18.2 Å². The van der Waals surface area contributed by atoms with Crippen LogP contribution in [0, 0.1) is 0 Å². The van der Waals surface area contributed by atoms with E-state index in [-0.39, 0.29) is 23.5 Å². The number of nitrogens with one attached hydrogen (secondary N) is 3. The smallest absolute Gasteiger partial charge is 0.245 e. The van der Waals surface area contributed by atoms with Crippen molar-refractivity contribution in [1.82, 2.24) is 15.5 Å². The average Bonchev–Trinajstić information content (AvgIpc) is 3.04. The van der Waals surface area contributed by atoms with Crippen molar-refractivity contribution in [2.45, 2.75) is 56.7 Å². The van der Waals surface area contributed by atoms with Gasteiger partial charge in [-0.2, -0.15) is 0 Å². The van der Waals surface area contributed by atoms with Gasteiger partial charge in [0.25, 0.3) is 0 Å². The summed E-state index contributed by atoms with van der Waals surface area (Å²) in [5.74, 6) is -0.270. The van der Waals surface area contributed by atoms with Crippen LogP contribution in [0.4, 0.5) is 5.69 Å². The highest BCUT2D eigenvalue weighted by Gasteiger charge is 2.33. The van der Waals surface area contributed by atoms with Crippen LogP contribution in [0.2, 0.25) is 5.02 Å². The number of para-hydroxylation sites is 1. The van der Waals surface area contributed by atoms with Crippen LogP contribution in [0.1, 0.15) is 47.4 Å². The van der Waals surface area contributed by atoms with Gasteiger partial charge in [-0.1, -0.05) is 66.2 Å². The first kappa shape index (κ1) is 32.0. The minimum Gasteiger partial charge on any atom is -0.343 e. The van der Waals surface area contributed by atoms with Crippen LogP contribution >= 0.6 is 11.6 Å². The molecule has 44 heavy (non-hydrogen) atoms. The third kappa shape index (κ3) is 8.18. The highest BCUT2D eigenvalue weighted by molar-refractivity contribution is 7.92. The second kappa shape index (κ2) is 14.6. The maximum atomic E-state index is 13.9. The minimum atomic E-state index is -3.51. The van der Waals surface area contributed by atoms with Crippen molar-refractivity contribution in [1.29, 1.82) is 0 Å². The summed E-state index contributed by atoms with van der Waals surface area (Å²) in [6.07, 6.45) is 2.64. The summed E-state index contributed by atoms with van der Waals surface area (Å²) in [4.78, 5) is 29.2. The Morgan fingerprint density at radius 3 is 2.39 bits per heavy atom.